The average molecular weight is 230 g/mol. The minimum atomic E-state index is 0. The predicted molar refractivity (Wildman–Crippen MR) is 75.8 cm³/mol. The van der Waals surface area contributed by atoms with Gasteiger partial charge in [0.15, 0.2) is 0 Å². The minimum absolute atomic E-state index is 0. The zero-order valence-electron chi connectivity index (χ0n) is 12.9. The van der Waals surface area contributed by atoms with E-state index in [-0.39, 0.29) is 5.54 Å². The van der Waals surface area contributed by atoms with E-state index < -0.39 is 0 Å². The summed E-state index contributed by atoms with van der Waals surface area (Å²) in [5, 5.41) is 0. The molecule has 1 heterocycles. The van der Waals surface area contributed by atoms with E-state index in [2.05, 4.69) is 25.7 Å². The van der Waals surface area contributed by atoms with E-state index in [0.717, 1.165) is 0 Å². The summed E-state index contributed by atoms with van der Waals surface area (Å²) in [6.45, 7) is 19.4. The van der Waals surface area contributed by atoms with Gasteiger partial charge in [-0.3, -0.25) is 4.90 Å². The number of nitrogens with two attached hydrogens (primary N) is 1. The van der Waals surface area contributed by atoms with Crippen LogP contribution in [-0.4, -0.2) is 29.1 Å². The fourth-order valence-electron chi connectivity index (χ4n) is 1.39. The Labute approximate surface area is 104 Å². The summed E-state index contributed by atoms with van der Waals surface area (Å²) in [5.41, 5.74) is 5.77. The zero-order valence-corrected chi connectivity index (χ0v) is 12.9. The van der Waals surface area contributed by atoms with Gasteiger partial charge in [0.1, 0.15) is 0 Å². The summed E-state index contributed by atoms with van der Waals surface area (Å²) >= 11 is 0. The van der Waals surface area contributed by atoms with Crippen molar-refractivity contribution in [2.75, 3.05) is 13.1 Å². The first kappa shape index (κ1) is 18.3. The molecule has 2 N–H and O–H groups in total. The molecule has 1 rings (SSSR count). The summed E-state index contributed by atoms with van der Waals surface area (Å²) in [4.78, 5) is 2.55. The topological polar surface area (TPSA) is 29.3 Å². The van der Waals surface area contributed by atoms with Gasteiger partial charge in [-0.05, 0) is 67.5 Å². The normalized spacial score (nSPS) is 17.1. The highest BCUT2D eigenvalue weighted by molar-refractivity contribution is 4.79. The summed E-state index contributed by atoms with van der Waals surface area (Å²) in [7, 11) is 0. The highest BCUT2D eigenvalue weighted by Gasteiger charge is 2.23. The Hall–Kier alpha value is -0.0800. The lowest BCUT2D eigenvalue weighted by atomic mass is 10.1. The maximum atomic E-state index is 5.35. The largest absolute Gasteiger partial charge is 0.326 e. The lowest BCUT2D eigenvalue weighted by Gasteiger charge is -2.31. The third-order valence-electron chi connectivity index (χ3n) is 2.05. The van der Waals surface area contributed by atoms with Crippen LogP contribution in [0.2, 0.25) is 0 Å². The molecule has 0 aromatic heterocycles. The van der Waals surface area contributed by atoms with Crippen molar-refractivity contribution in [3.63, 3.8) is 0 Å². The van der Waals surface area contributed by atoms with E-state index in [4.69, 9.17) is 5.73 Å². The van der Waals surface area contributed by atoms with E-state index in [0.29, 0.717) is 5.54 Å². The number of hydrogen-bond donors (Lipinski definition) is 1. The van der Waals surface area contributed by atoms with Crippen molar-refractivity contribution in [3.8, 4) is 0 Å². The van der Waals surface area contributed by atoms with E-state index >= 15 is 0 Å². The Kier molecular flexibility index (Phi) is 9.23. The highest BCUT2D eigenvalue weighted by atomic mass is 15.2. The van der Waals surface area contributed by atoms with Gasteiger partial charge in [-0.2, -0.15) is 0 Å². The van der Waals surface area contributed by atoms with Crippen molar-refractivity contribution < 1.29 is 0 Å². The van der Waals surface area contributed by atoms with Gasteiger partial charge in [-0.1, -0.05) is 13.8 Å². The van der Waals surface area contributed by atoms with Crippen molar-refractivity contribution in [1.82, 2.24) is 4.90 Å². The standard InChI is InChI=1S/C8H17N.C4H11N.C2H6/c1-8(2,3)9-6-4-5-7-9;1-4(2,3)5;1-2/h4-7H2,1-3H3;5H2,1-3H3;1-2H3. The number of nitrogens with zero attached hydrogens (tertiary/aromatic N) is 1. The molecule has 0 saturated carbocycles. The van der Waals surface area contributed by atoms with Crippen LogP contribution in [0.3, 0.4) is 0 Å². The van der Waals surface area contributed by atoms with Crippen LogP contribution in [0.15, 0.2) is 0 Å². The quantitative estimate of drug-likeness (QED) is 0.688. The summed E-state index contributed by atoms with van der Waals surface area (Å²) < 4.78 is 0. The molecule has 0 atom stereocenters. The Balaban J connectivity index is 0. The summed E-state index contributed by atoms with van der Waals surface area (Å²) in [6, 6.07) is 0. The van der Waals surface area contributed by atoms with Crippen LogP contribution in [0.1, 0.15) is 68.2 Å². The number of likely N-dealkylation sites (tertiary alicyclic amines) is 1. The van der Waals surface area contributed by atoms with Gasteiger partial charge < -0.3 is 5.73 Å². The van der Waals surface area contributed by atoms with Gasteiger partial charge >= 0.3 is 0 Å². The van der Waals surface area contributed by atoms with Crippen LogP contribution in [0.4, 0.5) is 0 Å². The second-order valence-electron chi connectivity index (χ2n) is 6.23. The molecule has 0 radical (unpaired) electrons. The molecule has 1 aliphatic heterocycles. The Morgan fingerprint density at radius 1 is 0.812 bits per heavy atom. The SMILES string of the molecule is CC.CC(C)(C)N.CC(C)(C)N1CCCC1. The van der Waals surface area contributed by atoms with Gasteiger partial charge in [0.05, 0.1) is 0 Å². The molecule has 0 aliphatic carbocycles. The maximum Gasteiger partial charge on any atom is 0.0125 e. The molecule has 2 heteroatoms. The van der Waals surface area contributed by atoms with Crippen molar-refractivity contribution in [1.29, 1.82) is 0 Å². The monoisotopic (exact) mass is 230 g/mol. The smallest absolute Gasteiger partial charge is 0.0125 e. The molecule has 0 unspecified atom stereocenters. The van der Waals surface area contributed by atoms with Gasteiger partial charge in [-0.15, -0.1) is 0 Å². The first-order chi connectivity index (χ1) is 7.11. The van der Waals surface area contributed by atoms with E-state index in [9.17, 15) is 0 Å². The third kappa shape index (κ3) is 13.9. The molecule has 0 spiro atoms. The fraction of sp³-hybridized carbons (Fsp3) is 1.00. The predicted octanol–water partition coefficient (Wildman–Crippen LogP) is 3.65. The summed E-state index contributed by atoms with van der Waals surface area (Å²) in [6.07, 6.45) is 2.80. The molecule has 16 heavy (non-hydrogen) atoms. The first-order valence-electron chi connectivity index (χ1n) is 6.64. The molecular weight excluding hydrogens is 196 g/mol. The van der Waals surface area contributed by atoms with Crippen molar-refractivity contribution in [3.05, 3.63) is 0 Å². The minimum Gasteiger partial charge on any atom is -0.326 e. The van der Waals surface area contributed by atoms with Gasteiger partial charge in [0.25, 0.3) is 0 Å². The van der Waals surface area contributed by atoms with E-state index in [1.165, 1.54) is 25.9 Å². The molecule has 0 amide bonds. The lowest BCUT2D eigenvalue weighted by molar-refractivity contribution is 0.175. The Bertz CT molecular complexity index is 139. The van der Waals surface area contributed by atoms with Crippen molar-refractivity contribution in [2.45, 2.75) is 79.3 Å². The average Bonchev–Trinajstić information content (AvgIpc) is 2.55. The molecule has 0 aromatic rings. The molecule has 1 fully saturated rings. The first-order valence-corrected chi connectivity index (χ1v) is 6.64. The molecule has 0 bridgehead atoms. The van der Waals surface area contributed by atoms with Crippen LogP contribution >= 0.6 is 0 Å². The van der Waals surface area contributed by atoms with Gasteiger partial charge in [-0.25, -0.2) is 0 Å². The molecule has 1 aliphatic rings. The molecular formula is C14H34N2. The van der Waals surface area contributed by atoms with Crippen LogP contribution in [0.25, 0.3) is 0 Å². The van der Waals surface area contributed by atoms with E-state index in [1.807, 2.05) is 34.6 Å². The number of hydrogen-bond acceptors (Lipinski definition) is 2. The fourth-order valence-corrected chi connectivity index (χ4v) is 1.39. The van der Waals surface area contributed by atoms with Crippen LogP contribution in [0, 0.1) is 0 Å². The molecule has 0 aromatic carbocycles. The second-order valence-corrected chi connectivity index (χ2v) is 6.23. The third-order valence-corrected chi connectivity index (χ3v) is 2.05. The van der Waals surface area contributed by atoms with Crippen LogP contribution in [-0.2, 0) is 0 Å². The Morgan fingerprint density at radius 2 is 1.06 bits per heavy atom. The van der Waals surface area contributed by atoms with Crippen LogP contribution in [0.5, 0.6) is 0 Å². The molecule has 1 saturated heterocycles. The second kappa shape index (κ2) is 8.08. The lowest BCUT2D eigenvalue weighted by Crippen LogP contribution is -2.38. The van der Waals surface area contributed by atoms with Crippen LogP contribution < -0.4 is 5.73 Å². The molecule has 2 nitrogen and oxygen atoms in total. The highest BCUT2D eigenvalue weighted by Crippen LogP contribution is 2.19. The zero-order chi connectivity index (χ0) is 13.4. The van der Waals surface area contributed by atoms with Gasteiger partial charge in [0, 0.05) is 11.1 Å². The van der Waals surface area contributed by atoms with Crippen molar-refractivity contribution >= 4 is 0 Å². The van der Waals surface area contributed by atoms with E-state index in [1.54, 1.807) is 0 Å². The Morgan fingerprint density at radius 3 is 1.19 bits per heavy atom. The van der Waals surface area contributed by atoms with Crippen molar-refractivity contribution in [2.24, 2.45) is 5.73 Å². The summed E-state index contributed by atoms with van der Waals surface area (Å²) in [5.74, 6) is 0. The van der Waals surface area contributed by atoms with Gasteiger partial charge in [0.2, 0.25) is 0 Å². The maximum absolute atomic E-state index is 5.35. The number of rotatable bonds is 0. The molecule has 100 valence electrons.